The van der Waals surface area contributed by atoms with Crippen molar-refractivity contribution in [2.75, 3.05) is 13.1 Å². The van der Waals surface area contributed by atoms with E-state index in [2.05, 4.69) is 15.7 Å². The van der Waals surface area contributed by atoms with Crippen molar-refractivity contribution in [3.05, 3.63) is 30.0 Å². The molecule has 0 bridgehead atoms. The molecule has 19 heavy (non-hydrogen) atoms. The number of para-hydroxylation sites is 1. The van der Waals surface area contributed by atoms with E-state index >= 15 is 0 Å². The van der Waals surface area contributed by atoms with Crippen LogP contribution in [0.5, 0.6) is 0 Å². The molecule has 1 amide bonds. The fraction of sp³-hybridized carbons (Fsp3) is 0.429. The number of fused-ring (bicyclic) bond motifs is 1. The van der Waals surface area contributed by atoms with Crippen molar-refractivity contribution in [3.63, 3.8) is 0 Å². The molecule has 2 N–H and O–H groups in total. The number of aryl methyl sites for hydroxylation is 1. The molecule has 1 aliphatic heterocycles. The Morgan fingerprint density at radius 3 is 3.16 bits per heavy atom. The highest BCUT2D eigenvalue weighted by atomic mass is 16.1. The molecule has 2 aromatic rings. The Balaban J connectivity index is 1.77. The summed E-state index contributed by atoms with van der Waals surface area (Å²) in [5.74, 6) is -0.0921. The summed E-state index contributed by atoms with van der Waals surface area (Å²) < 4.78 is 1.75. The van der Waals surface area contributed by atoms with Gasteiger partial charge in [-0.3, -0.25) is 9.48 Å². The number of nitrogens with zero attached hydrogens (tertiary/aromatic N) is 2. The van der Waals surface area contributed by atoms with E-state index < -0.39 is 0 Å². The first kappa shape index (κ1) is 12.2. The summed E-state index contributed by atoms with van der Waals surface area (Å²) in [5, 5.41) is 11.6. The summed E-state index contributed by atoms with van der Waals surface area (Å²) in [4.78, 5) is 12.2. The van der Waals surface area contributed by atoms with Crippen molar-refractivity contribution in [2.45, 2.75) is 18.9 Å². The molecule has 0 saturated carbocycles. The van der Waals surface area contributed by atoms with Crippen molar-refractivity contribution < 1.29 is 4.79 Å². The second-order valence-corrected chi connectivity index (χ2v) is 4.99. The lowest BCUT2D eigenvalue weighted by atomic mass is 10.2. The van der Waals surface area contributed by atoms with E-state index in [1.165, 1.54) is 6.42 Å². The van der Waals surface area contributed by atoms with E-state index in [1.807, 2.05) is 31.3 Å². The summed E-state index contributed by atoms with van der Waals surface area (Å²) in [5.41, 5.74) is 1.49. The van der Waals surface area contributed by atoms with E-state index in [9.17, 15) is 4.79 Å². The van der Waals surface area contributed by atoms with Crippen molar-refractivity contribution in [1.82, 2.24) is 20.4 Å². The van der Waals surface area contributed by atoms with Gasteiger partial charge in [0, 0.05) is 25.0 Å². The highest BCUT2D eigenvalue weighted by Crippen LogP contribution is 2.17. The van der Waals surface area contributed by atoms with Gasteiger partial charge in [-0.15, -0.1) is 0 Å². The van der Waals surface area contributed by atoms with Crippen molar-refractivity contribution in [1.29, 1.82) is 0 Å². The van der Waals surface area contributed by atoms with Crippen LogP contribution in [-0.2, 0) is 7.05 Å². The van der Waals surface area contributed by atoms with E-state index in [0.717, 1.165) is 23.9 Å². The average molecular weight is 258 g/mol. The molecule has 100 valence electrons. The minimum atomic E-state index is -0.0921. The predicted octanol–water partition coefficient (Wildman–Crippen LogP) is 1.06. The van der Waals surface area contributed by atoms with Gasteiger partial charge >= 0.3 is 0 Å². The lowest BCUT2D eigenvalue weighted by molar-refractivity contribution is 0.0946. The topological polar surface area (TPSA) is 59.0 Å². The van der Waals surface area contributed by atoms with Gasteiger partial charge in [0.15, 0.2) is 5.69 Å². The molecule has 1 aromatic heterocycles. The first-order valence-electron chi connectivity index (χ1n) is 6.69. The van der Waals surface area contributed by atoms with Gasteiger partial charge < -0.3 is 10.6 Å². The Morgan fingerprint density at radius 1 is 1.53 bits per heavy atom. The Kier molecular flexibility index (Phi) is 3.21. The Labute approximate surface area is 112 Å². The van der Waals surface area contributed by atoms with Crippen LogP contribution in [0.2, 0.25) is 0 Å². The molecule has 0 aliphatic carbocycles. The molecule has 2 heterocycles. The predicted molar refractivity (Wildman–Crippen MR) is 74.1 cm³/mol. The minimum absolute atomic E-state index is 0.0921. The molecule has 0 radical (unpaired) electrons. The highest BCUT2D eigenvalue weighted by molar-refractivity contribution is 6.04. The van der Waals surface area contributed by atoms with Gasteiger partial charge in [0.25, 0.3) is 5.91 Å². The smallest absolute Gasteiger partial charge is 0.272 e. The number of hydrogen-bond donors (Lipinski definition) is 2. The third-order valence-corrected chi connectivity index (χ3v) is 3.64. The SMILES string of the molecule is Cn1nc(C(=O)NCC2CCCN2)c2ccccc21. The number of rotatable bonds is 3. The van der Waals surface area contributed by atoms with Crippen molar-refractivity contribution >= 4 is 16.8 Å². The molecule has 5 nitrogen and oxygen atoms in total. The molecule has 1 atom stereocenters. The first-order chi connectivity index (χ1) is 9.25. The maximum atomic E-state index is 12.2. The zero-order valence-corrected chi connectivity index (χ0v) is 11.0. The van der Waals surface area contributed by atoms with Crippen LogP contribution in [0.15, 0.2) is 24.3 Å². The maximum absolute atomic E-state index is 12.2. The van der Waals surface area contributed by atoms with Crippen LogP contribution in [-0.4, -0.2) is 34.8 Å². The van der Waals surface area contributed by atoms with Crippen LogP contribution in [0, 0.1) is 0 Å². The lowest BCUT2D eigenvalue weighted by Crippen LogP contribution is -2.37. The zero-order valence-electron chi connectivity index (χ0n) is 11.0. The first-order valence-corrected chi connectivity index (χ1v) is 6.69. The van der Waals surface area contributed by atoms with Gasteiger partial charge in [-0.2, -0.15) is 5.10 Å². The summed E-state index contributed by atoms with van der Waals surface area (Å²) in [6.45, 7) is 1.72. The van der Waals surface area contributed by atoms with Crippen LogP contribution in [0.25, 0.3) is 10.9 Å². The van der Waals surface area contributed by atoms with Crippen LogP contribution >= 0.6 is 0 Å². The number of hydrogen-bond acceptors (Lipinski definition) is 3. The van der Waals surface area contributed by atoms with Crippen molar-refractivity contribution in [3.8, 4) is 0 Å². The number of aromatic nitrogens is 2. The molecule has 3 rings (SSSR count). The Morgan fingerprint density at radius 2 is 2.37 bits per heavy atom. The molecule has 1 saturated heterocycles. The standard InChI is InChI=1S/C14H18N4O/c1-18-12-7-3-2-6-11(12)13(17-18)14(19)16-9-10-5-4-8-15-10/h2-3,6-7,10,15H,4-5,8-9H2,1H3,(H,16,19). The molecule has 1 unspecified atom stereocenters. The van der Waals surface area contributed by atoms with Gasteiger partial charge in [0.05, 0.1) is 5.52 Å². The fourth-order valence-corrected chi connectivity index (χ4v) is 2.61. The van der Waals surface area contributed by atoms with E-state index in [-0.39, 0.29) is 5.91 Å². The Bertz CT molecular complexity index is 599. The zero-order chi connectivity index (χ0) is 13.2. The van der Waals surface area contributed by atoms with Crippen LogP contribution in [0.4, 0.5) is 0 Å². The summed E-state index contributed by atoms with van der Waals surface area (Å²) >= 11 is 0. The van der Waals surface area contributed by atoms with Crippen LogP contribution in [0.1, 0.15) is 23.3 Å². The fourth-order valence-electron chi connectivity index (χ4n) is 2.61. The van der Waals surface area contributed by atoms with Crippen LogP contribution < -0.4 is 10.6 Å². The average Bonchev–Trinajstić information content (AvgIpc) is 3.05. The monoisotopic (exact) mass is 258 g/mol. The summed E-state index contributed by atoms with van der Waals surface area (Å²) in [6, 6.07) is 8.19. The molecule has 5 heteroatoms. The molecule has 1 fully saturated rings. The quantitative estimate of drug-likeness (QED) is 0.865. The second kappa shape index (κ2) is 5.01. The van der Waals surface area contributed by atoms with E-state index in [1.54, 1.807) is 4.68 Å². The van der Waals surface area contributed by atoms with E-state index in [4.69, 9.17) is 0 Å². The largest absolute Gasteiger partial charge is 0.349 e. The molecular weight excluding hydrogens is 240 g/mol. The minimum Gasteiger partial charge on any atom is -0.349 e. The number of carbonyl (C=O) groups is 1. The summed E-state index contributed by atoms with van der Waals surface area (Å²) in [6.07, 6.45) is 2.32. The molecule has 1 aliphatic rings. The third-order valence-electron chi connectivity index (χ3n) is 3.64. The van der Waals surface area contributed by atoms with Gasteiger partial charge in [-0.25, -0.2) is 0 Å². The number of benzene rings is 1. The van der Waals surface area contributed by atoms with Gasteiger partial charge in [-0.1, -0.05) is 18.2 Å². The molecular formula is C14H18N4O. The lowest BCUT2D eigenvalue weighted by Gasteiger charge is -2.10. The number of amides is 1. The number of carbonyl (C=O) groups excluding carboxylic acids is 1. The molecule has 0 spiro atoms. The van der Waals surface area contributed by atoms with Gasteiger partial charge in [0.1, 0.15) is 0 Å². The normalized spacial score (nSPS) is 18.9. The van der Waals surface area contributed by atoms with Crippen molar-refractivity contribution in [2.24, 2.45) is 7.05 Å². The Hall–Kier alpha value is -1.88. The summed E-state index contributed by atoms with van der Waals surface area (Å²) in [7, 11) is 1.86. The molecule has 1 aromatic carbocycles. The third kappa shape index (κ3) is 2.33. The highest BCUT2D eigenvalue weighted by Gasteiger charge is 2.18. The number of nitrogens with one attached hydrogen (secondary N) is 2. The van der Waals surface area contributed by atoms with Gasteiger partial charge in [-0.05, 0) is 25.5 Å². The second-order valence-electron chi connectivity index (χ2n) is 4.99. The van der Waals surface area contributed by atoms with Gasteiger partial charge in [0.2, 0.25) is 0 Å². The maximum Gasteiger partial charge on any atom is 0.272 e. The van der Waals surface area contributed by atoms with E-state index in [0.29, 0.717) is 18.3 Å². The van der Waals surface area contributed by atoms with Crippen LogP contribution in [0.3, 0.4) is 0 Å².